The van der Waals surface area contributed by atoms with Gasteiger partial charge in [-0.1, -0.05) is 18.2 Å². The number of aromatic nitrogens is 2. The standard InChI is InChI=1S/C10H10N2O2S/c1-15(13,14)10-11-7-8-12(10)9-5-3-2-4-6-9/h2-8H,1H3. The van der Waals surface area contributed by atoms with Crippen LogP contribution in [0.15, 0.2) is 47.9 Å². The molecular weight excluding hydrogens is 212 g/mol. The first-order chi connectivity index (χ1) is 7.09. The predicted octanol–water partition coefficient (Wildman–Crippen LogP) is 1.28. The van der Waals surface area contributed by atoms with E-state index < -0.39 is 9.84 Å². The van der Waals surface area contributed by atoms with Crippen molar-refractivity contribution >= 4 is 9.84 Å². The Bertz CT molecular complexity index is 558. The zero-order chi connectivity index (χ0) is 10.9. The van der Waals surface area contributed by atoms with E-state index in [1.807, 2.05) is 30.3 Å². The third kappa shape index (κ3) is 1.92. The summed E-state index contributed by atoms with van der Waals surface area (Å²) in [5, 5.41) is 0.0636. The minimum Gasteiger partial charge on any atom is -0.291 e. The van der Waals surface area contributed by atoms with E-state index >= 15 is 0 Å². The Morgan fingerprint density at radius 3 is 2.47 bits per heavy atom. The molecule has 0 amide bonds. The first-order valence-electron chi connectivity index (χ1n) is 4.38. The van der Waals surface area contributed by atoms with E-state index in [0.717, 1.165) is 11.9 Å². The van der Waals surface area contributed by atoms with Crippen LogP contribution in [0, 0.1) is 0 Å². The first-order valence-corrected chi connectivity index (χ1v) is 6.27. The smallest absolute Gasteiger partial charge is 0.231 e. The molecule has 0 spiro atoms. The van der Waals surface area contributed by atoms with Crippen molar-refractivity contribution in [1.29, 1.82) is 0 Å². The highest BCUT2D eigenvalue weighted by atomic mass is 32.2. The zero-order valence-corrected chi connectivity index (χ0v) is 8.98. The maximum absolute atomic E-state index is 11.4. The van der Waals surface area contributed by atoms with Gasteiger partial charge in [0.25, 0.3) is 0 Å². The SMILES string of the molecule is CS(=O)(=O)c1nccn1-c1ccccc1. The van der Waals surface area contributed by atoms with E-state index in [4.69, 9.17) is 0 Å². The molecule has 4 nitrogen and oxygen atoms in total. The maximum atomic E-state index is 11.4. The largest absolute Gasteiger partial charge is 0.291 e. The van der Waals surface area contributed by atoms with Crippen LogP contribution in [0.1, 0.15) is 0 Å². The molecule has 0 atom stereocenters. The highest BCUT2D eigenvalue weighted by Crippen LogP contribution is 2.13. The minimum absolute atomic E-state index is 0.0636. The summed E-state index contributed by atoms with van der Waals surface area (Å²) in [5.41, 5.74) is 0.787. The molecule has 15 heavy (non-hydrogen) atoms. The van der Waals surface area contributed by atoms with Gasteiger partial charge in [-0.05, 0) is 12.1 Å². The van der Waals surface area contributed by atoms with E-state index in [9.17, 15) is 8.42 Å². The lowest BCUT2D eigenvalue weighted by Gasteiger charge is -2.05. The van der Waals surface area contributed by atoms with Gasteiger partial charge >= 0.3 is 0 Å². The molecule has 0 N–H and O–H groups in total. The lowest BCUT2D eigenvalue weighted by atomic mass is 10.3. The Morgan fingerprint density at radius 2 is 1.87 bits per heavy atom. The average molecular weight is 222 g/mol. The van der Waals surface area contributed by atoms with Gasteiger partial charge in [0.15, 0.2) is 0 Å². The van der Waals surface area contributed by atoms with Crippen LogP contribution in [0.4, 0.5) is 0 Å². The number of hydrogen-bond acceptors (Lipinski definition) is 3. The number of benzene rings is 1. The van der Waals surface area contributed by atoms with Crippen LogP contribution >= 0.6 is 0 Å². The number of imidazole rings is 1. The summed E-state index contributed by atoms with van der Waals surface area (Å²) in [5.74, 6) is 0. The lowest BCUT2D eigenvalue weighted by Crippen LogP contribution is -2.06. The van der Waals surface area contributed by atoms with Gasteiger partial charge in [0.2, 0.25) is 15.0 Å². The number of para-hydroxylation sites is 1. The Morgan fingerprint density at radius 1 is 1.20 bits per heavy atom. The lowest BCUT2D eigenvalue weighted by molar-refractivity contribution is 0.590. The van der Waals surface area contributed by atoms with E-state index in [2.05, 4.69) is 4.98 Å². The molecule has 0 aliphatic heterocycles. The van der Waals surface area contributed by atoms with Gasteiger partial charge in [-0.2, -0.15) is 0 Å². The summed E-state index contributed by atoms with van der Waals surface area (Å²) < 4.78 is 24.4. The average Bonchev–Trinajstić information content (AvgIpc) is 2.67. The second-order valence-electron chi connectivity index (χ2n) is 3.19. The molecule has 1 aromatic carbocycles. The molecule has 1 aromatic heterocycles. The molecule has 0 aliphatic carbocycles. The first kappa shape index (κ1) is 9.92. The highest BCUT2D eigenvalue weighted by molar-refractivity contribution is 7.90. The molecule has 78 valence electrons. The van der Waals surface area contributed by atoms with Gasteiger partial charge in [0, 0.05) is 24.3 Å². The van der Waals surface area contributed by atoms with Gasteiger partial charge in [0.1, 0.15) is 0 Å². The minimum atomic E-state index is -3.29. The van der Waals surface area contributed by atoms with Crippen molar-refractivity contribution in [1.82, 2.24) is 9.55 Å². The fraction of sp³-hybridized carbons (Fsp3) is 0.100. The fourth-order valence-corrected chi connectivity index (χ4v) is 2.13. The van der Waals surface area contributed by atoms with Crippen molar-refractivity contribution in [2.45, 2.75) is 5.16 Å². The third-order valence-electron chi connectivity index (χ3n) is 1.97. The van der Waals surface area contributed by atoms with Crippen molar-refractivity contribution in [2.75, 3.05) is 6.26 Å². The molecular formula is C10H10N2O2S. The molecule has 0 bridgehead atoms. The molecule has 0 saturated heterocycles. The molecule has 5 heteroatoms. The summed E-state index contributed by atoms with van der Waals surface area (Å²) in [4.78, 5) is 3.84. The quantitative estimate of drug-likeness (QED) is 0.769. The van der Waals surface area contributed by atoms with E-state index in [-0.39, 0.29) is 5.16 Å². The molecule has 2 aromatic rings. The number of hydrogen-bond donors (Lipinski definition) is 0. The van der Waals surface area contributed by atoms with Gasteiger partial charge in [-0.25, -0.2) is 13.4 Å². The van der Waals surface area contributed by atoms with Crippen molar-refractivity contribution in [3.05, 3.63) is 42.7 Å². The monoisotopic (exact) mass is 222 g/mol. The normalized spacial score (nSPS) is 11.5. The van der Waals surface area contributed by atoms with E-state index in [1.165, 1.54) is 6.20 Å². The second kappa shape index (κ2) is 3.51. The van der Waals surface area contributed by atoms with Crippen LogP contribution in [-0.2, 0) is 9.84 Å². The van der Waals surface area contributed by atoms with Gasteiger partial charge < -0.3 is 0 Å². The van der Waals surface area contributed by atoms with E-state index in [0.29, 0.717) is 0 Å². The van der Waals surface area contributed by atoms with Crippen molar-refractivity contribution in [3.63, 3.8) is 0 Å². The Labute approximate surface area is 88.1 Å². The maximum Gasteiger partial charge on any atom is 0.231 e. The molecule has 0 radical (unpaired) electrons. The third-order valence-corrected chi connectivity index (χ3v) is 2.94. The summed E-state index contributed by atoms with van der Waals surface area (Å²) in [7, 11) is -3.29. The van der Waals surface area contributed by atoms with Crippen molar-refractivity contribution < 1.29 is 8.42 Å². The van der Waals surface area contributed by atoms with Gasteiger partial charge in [0.05, 0.1) is 0 Å². The van der Waals surface area contributed by atoms with Crippen LogP contribution in [0.25, 0.3) is 5.69 Å². The van der Waals surface area contributed by atoms with Crippen LogP contribution in [0.2, 0.25) is 0 Å². The molecule has 0 aliphatic rings. The highest BCUT2D eigenvalue weighted by Gasteiger charge is 2.14. The predicted molar refractivity (Wildman–Crippen MR) is 56.7 cm³/mol. The number of sulfone groups is 1. The zero-order valence-electron chi connectivity index (χ0n) is 8.16. The Kier molecular flexibility index (Phi) is 2.32. The summed E-state index contributed by atoms with van der Waals surface area (Å²) >= 11 is 0. The second-order valence-corrected chi connectivity index (χ2v) is 5.10. The summed E-state index contributed by atoms with van der Waals surface area (Å²) in [6, 6.07) is 9.23. The van der Waals surface area contributed by atoms with Gasteiger partial charge in [-0.3, -0.25) is 4.57 Å². The number of rotatable bonds is 2. The van der Waals surface area contributed by atoms with Crippen LogP contribution in [-0.4, -0.2) is 24.2 Å². The Hall–Kier alpha value is -1.62. The number of nitrogens with zero attached hydrogens (tertiary/aromatic N) is 2. The molecule has 0 fully saturated rings. The Balaban J connectivity index is 2.61. The van der Waals surface area contributed by atoms with Crippen LogP contribution in [0.5, 0.6) is 0 Å². The van der Waals surface area contributed by atoms with Gasteiger partial charge in [-0.15, -0.1) is 0 Å². The molecule has 1 heterocycles. The molecule has 0 saturated carbocycles. The van der Waals surface area contributed by atoms with E-state index in [1.54, 1.807) is 10.8 Å². The summed E-state index contributed by atoms with van der Waals surface area (Å²) in [6.45, 7) is 0. The van der Waals surface area contributed by atoms with Crippen molar-refractivity contribution in [3.8, 4) is 5.69 Å². The summed E-state index contributed by atoms with van der Waals surface area (Å²) in [6.07, 6.45) is 4.25. The fourth-order valence-electron chi connectivity index (χ4n) is 1.35. The van der Waals surface area contributed by atoms with Crippen molar-refractivity contribution in [2.24, 2.45) is 0 Å². The topological polar surface area (TPSA) is 52.0 Å². The molecule has 2 rings (SSSR count). The van der Waals surface area contributed by atoms with Crippen LogP contribution in [0.3, 0.4) is 0 Å². The molecule has 0 unspecified atom stereocenters. The van der Waals surface area contributed by atoms with Crippen LogP contribution < -0.4 is 0 Å².